The minimum atomic E-state index is -0.976. The Kier molecular flexibility index (Phi) is 6.34. The second kappa shape index (κ2) is 8.73. The van der Waals surface area contributed by atoms with Crippen LogP contribution >= 0.6 is 0 Å². The first-order chi connectivity index (χ1) is 13.4. The number of carbonyl (C=O) groups excluding carboxylic acids is 3. The summed E-state index contributed by atoms with van der Waals surface area (Å²) in [6.07, 6.45) is 3.85. The van der Waals surface area contributed by atoms with Crippen molar-refractivity contribution in [1.29, 1.82) is 0 Å². The van der Waals surface area contributed by atoms with Crippen LogP contribution in [0.5, 0.6) is 5.75 Å². The quantitative estimate of drug-likeness (QED) is 0.568. The van der Waals surface area contributed by atoms with Gasteiger partial charge in [0.25, 0.3) is 0 Å². The summed E-state index contributed by atoms with van der Waals surface area (Å²) < 4.78 is 10.4. The topological polar surface area (TPSA) is 93.1 Å². The number of carbonyl (C=O) groups is 3. The van der Waals surface area contributed by atoms with Crippen molar-refractivity contribution in [3.8, 4) is 5.75 Å². The van der Waals surface area contributed by atoms with E-state index in [9.17, 15) is 19.5 Å². The normalized spacial score (nSPS) is 19.7. The van der Waals surface area contributed by atoms with Crippen molar-refractivity contribution < 1.29 is 29.0 Å². The second-order valence-electron chi connectivity index (χ2n) is 7.54. The molecule has 1 saturated carbocycles. The molecule has 7 heteroatoms. The number of amides is 2. The van der Waals surface area contributed by atoms with E-state index in [0.29, 0.717) is 17.9 Å². The summed E-state index contributed by atoms with van der Waals surface area (Å²) in [6, 6.07) is 6.39. The Bertz CT molecular complexity index is 723. The predicted molar refractivity (Wildman–Crippen MR) is 101 cm³/mol. The molecule has 2 aliphatic rings. The number of likely N-dealkylation sites (tertiary alicyclic amines) is 1. The van der Waals surface area contributed by atoms with E-state index in [4.69, 9.17) is 9.47 Å². The van der Waals surface area contributed by atoms with E-state index in [1.807, 2.05) is 0 Å². The van der Waals surface area contributed by atoms with E-state index in [-0.39, 0.29) is 31.4 Å². The summed E-state index contributed by atoms with van der Waals surface area (Å²) in [6.45, 7) is 1.93. The fraction of sp³-hybridized carbons (Fsp3) is 0.571. The minimum absolute atomic E-state index is 0.0528. The van der Waals surface area contributed by atoms with E-state index < -0.39 is 17.5 Å². The van der Waals surface area contributed by atoms with Crippen molar-refractivity contribution >= 4 is 17.8 Å². The molecule has 1 heterocycles. The molecule has 28 heavy (non-hydrogen) atoms. The second-order valence-corrected chi connectivity index (χ2v) is 7.54. The molecule has 1 aliphatic heterocycles. The first-order valence-corrected chi connectivity index (χ1v) is 9.88. The number of rotatable bonds is 7. The van der Waals surface area contributed by atoms with Crippen LogP contribution in [-0.4, -0.2) is 53.7 Å². The lowest BCUT2D eigenvalue weighted by molar-refractivity contribution is -0.144. The fourth-order valence-electron chi connectivity index (χ4n) is 4.02. The largest absolute Gasteiger partial charge is 0.491 e. The van der Waals surface area contributed by atoms with Crippen LogP contribution in [0.25, 0.3) is 0 Å². The van der Waals surface area contributed by atoms with Crippen molar-refractivity contribution in [1.82, 2.24) is 4.90 Å². The Morgan fingerprint density at radius 2 is 1.86 bits per heavy atom. The number of benzene rings is 1. The Morgan fingerprint density at radius 1 is 1.18 bits per heavy atom. The Labute approximate surface area is 164 Å². The van der Waals surface area contributed by atoms with Gasteiger partial charge in [-0.15, -0.1) is 0 Å². The van der Waals surface area contributed by atoms with Crippen LogP contribution < -0.4 is 4.74 Å². The molecule has 1 aliphatic carbocycles. The fourth-order valence-corrected chi connectivity index (χ4v) is 4.02. The third-order valence-electron chi connectivity index (χ3n) is 5.50. The van der Waals surface area contributed by atoms with Gasteiger partial charge in [0, 0.05) is 6.42 Å². The van der Waals surface area contributed by atoms with Gasteiger partial charge in [-0.2, -0.15) is 0 Å². The smallest absolute Gasteiger partial charge is 0.338 e. The van der Waals surface area contributed by atoms with E-state index in [2.05, 4.69) is 0 Å². The van der Waals surface area contributed by atoms with Gasteiger partial charge in [0.15, 0.2) is 0 Å². The molecule has 0 radical (unpaired) electrons. The molecule has 0 unspecified atom stereocenters. The molecule has 1 aromatic carbocycles. The third-order valence-corrected chi connectivity index (χ3v) is 5.50. The van der Waals surface area contributed by atoms with Crippen molar-refractivity contribution in [3.63, 3.8) is 0 Å². The Hall–Kier alpha value is -2.41. The average Bonchev–Trinajstić information content (AvgIpc) is 2.91. The van der Waals surface area contributed by atoms with Crippen molar-refractivity contribution in [2.24, 2.45) is 5.41 Å². The van der Waals surface area contributed by atoms with Crippen LogP contribution in [0.1, 0.15) is 55.8 Å². The molecule has 1 saturated heterocycles. The number of nitrogens with zero attached hydrogens (tertiary/aromatic N) is 1. The molecule has 2 fully saturated rings. The van der Waals surface area contributed by atoms with Crippen molar-refractivity contribution in [3.05, 3.63) is 29.8 Å². The van der Waals surface area contributed by atoms with E-state index in [0.717, 1.165) is 32.1 Å². The molecule has 1 spiro atoms. The number of aliphatic hydroxyl groups excluding tert-OH is 1. The van der Waals surface area contributed by atoms with Gasteiger partial charge in [-0.05, 0) is 44.0 Å². The zero-order valence-corrected chi connectivity index (χ0v) is 16.2. The highest BCUT2D eigenvalue weighted by Crippen LogP contribution is 2.45. The summed E-state index contributed by atoms with van der Waals surface area (Å²) >= 11 is 0. The van der Waals surface area contributed by atoms with Crippen LogP contribution in [-0.2, 0) is 14.3 Å². The summed E-state index contributed by atoms with van der Waals surface area (Å²) in [4.78, 5) is 37.9. The summed E-state index contributed by atoms with van der Waals surface area (Å²) in [5.41, 5.74) is -0.125. The van der Waals surface area contributed by atoms with Gasteiger partial charge in [0.05, 0.1) is 24.1 Å². The molecule has 0 aromatic heterocycles. The molecule has 1 atom stereocenters. The zero-order chi connectivity index (χ0) is 20.1. The minimum Gasteiger partial charge on any atom is -0.491 e. The summed E-state index contributed by atoms with van der Waals surface area (Å²) in [5.74, 6) is -0.272. The van der Waals surface area contributed by atoms with Crippen LogP contribution in [0, 0.1) is 5.41 Å². The number of hydrogen-bond donors (Lipinski definition) is 1. The van der Waals surface area contributed by atoms with Gasteiger partial charge in [-0.3, -0.25) is 14.5 Å². The van der Waals surface area contributed by atoms with Crippen LogP contribution in [0.15, 0.2) is 24.3 Å². The van der Waals surface area contributed by atoms with Crippen LogP contribution in [0.2, 0.25) is 0 Å². The predicted octanol–water partition coefficient (Wildman–Crippen LogP) is 2.31. The number of esters is 1. The van der Waals surface area contributed by atoms with Gasteiger partial charge in [-0.25, -0.2) is 4.79 Å². The third kappa shape index (κ3) is 4.35. The lowest BCUT2D eigenvalue weighted by Crippen LogP contribution is -2.42. The number of aliphatic hydroxyl groups is 1. The van der Waals surface area contributed by atoms with Crippen molar-refractivity contribution in [2.75, 3.05) is 19.8 Å². The van der Waals surface area contributed by atoms with Crippen molar-refractivity contribution in [2.45, 2.75) is 51.6 Å². The monoisotopic (exact) mass is 389 g/mol. The van der Waals surface area contributed by atoms with Crippen LogP contribution in [0.4, 0.5) is 0 Å². The van der Waals surface area contributed by atoms with Crippen LogP contribution in [0.3, 0.4) is 0 Å². The molecule has 152 valence electrons. The maximum Gasteiger partial charge on any atom is 0.338 e. The highest BCUT2D eigenvalue weighted by molar-refractivity contribution is 6.06. The van der Waals surface area contributed by atoms with Gasteiger partial charge < -0.3 is 14.6 Å². The van der Waals surface area contributed by atoms with Gasteiger partial charge >= 0.3 is 5.97 Å². The number of ether oxygens (including phenoxy) is 2. The summed E-state index contributed by atoms with van der Waals surface area (Å²) in [7, 11) is 0. The van der Waals surface area contributed by atoms with E-state index >= 15 is 0 Å². The standard InChI is InChI=1S/C21H27NO6/c1-2-27-19(25)15-6-8-17(9-7-15)28-14-16(23)13-22-18(24)12-21(20(22)26)10-4-3-5-11-21/h6-9,16,23H,2-5,10-14H2,1H3/t16-/m0/s1. The molecule has 0 bridgehead atoms. The van der Waals surface area contributed by atoms with E-state index in [1.165, 1.54) is 4.90 Å². The summed E-state index contributed by atoms with van der Waals surface area (Å²) in [5, 5.41) is 10.3. The average molecular weight is 389 g/mol. The van der Waals surface area contributed by atoms with Gasteiger partial charge in [0.1, 0.15) is 18.5 Å². The molecule has 1 aromatic rings. The SMILES string of the molecule is CCOC(=O)c1ccc(OC[C@@H](O)CN2C(=O)CC3(CCCCC3)C2=O)cc1. The lowest BCUT2D eigenvalue weighted by atomic mass is 9.73. The Balaban J connectivity index is 1.51. The molecular formula is C21H27NO6. The highest BCUT2D eigenvalue weighted by Gasteiger charge is 2.51. The first-order valence-electron chi connectivity index (χ1n) is 9.88. The molecule has 7 nitrogen and oxygen atoms in total. The first kappa shape index (κ1) is 20.3. The van der Waals surface area contributed by atoms with E-state index in [1.54, 1.807) is 31.2 Å². The maximum absolute atomic E-state index is 12.8. The number of hydrogen-bond acceptors (Lipinski definition) is 6. The number of β-amino-alcohol motifs (C(OH)–C–C–N with tert-alkyl or cyclic N) is 1. The molecular weight excluding hydrogens is 362 g/mol. The highest BCUT2D eigenvalue weighted by atomic mass is 16.5. The maximum atomic E-state index is 12.8. The molecule has 1 N–H and O–H groups in total. The number of imide groups is 1. The van der Waals surface area contributed by atoms with Gasteiger partial charge in [-0.1, -0.05) is 19.3 Å². The van der Waals surface area contributed by atoms with Gasteiger partial charge in [0.2, 0.25) is 11.8 Å². The molecule has 3 rings (SSSR count). The lowest BCUT2D eigenvalue weighted by Gasteiger charge is -2.30. The Morgan fingerprint density at radius 3 is 2.50 bits per heavy atom. The molecule has 2 amide bonds. The zero-order valence-electron chi connectivity index (χ0n) is 16.2.